The molecule has 0 spiro atoms. The molecule has 1 aromatic carbocycles. The Morgan fingerprint density at radius 3 is 2.74 bits per heavy atom. The van der Waals surface area contributed by atoms with Gasteiger partial charge in [-0.05, 0) is 12.1 Å². The molecule has 104 valence electrons. The quantitative estimate of drug-likeness (QED) is 0.856. The van der Waals surface area contributed by atoms with E-state index in [4.69, 9.17) is 19.3 Å². The number of carbonyl (C=O) groups excluding carboxylic acids is 1. The fourth-order valence-electron chi connectivity index (χ4n) is 2.02. The SMILES string of the molecule is COc1ccc(N2CCOC(CO)C2=O)cc1OC. The molecule has 1 amide bonds. The number of methoxy groups -OCH3 is 2. The van der Waals surface area contributed by atoms with Gasteiger partial charge < -0.3 is 24.2 Å². The Kier molecular flexibility index (Phi) is 4.24. The molecule has 6 heteroatoms. The van der Waals surface area contributed by atoms with Crippen LogP contribution in [-0.4, -0.2) is 51.1 Å². The number of ether oxygens (including phenoxy) is 3. The maximum Gasteiger partial charge on any atom is 0.258 e. The van der Waals surface area contributed by atoms with Crippen molar-refractivity contribution in [2.75, 3.05) is 38.9 Å². The summed E-state index contributed by atoms with van der Waals surface area (Å²) in [5, 5.41) is 9.09. The van der Waals surface area contributed by atoms with E-state index in [0.29, 0.717) is 30.3 Å². The maximum atomic E-state index is 12.1. The minimum atomic E-state index is -0.790. The number of benzene rings is 1. The van der Waals surface area contributed by atoms with Crippen LogP contribution in [0.3, 0.4) is 0 Å². The Hall–Kier alpha value is -1.79. The van der Waals surface area contributed by atoms with Crippen LogP contribution in [0.5, 0.6) is 11.5 Å². The van der Waals surface area contributed by atoms with Crippen molar-refractivity contribution in [2.24, 2.45) is 0 Å². The molecule has 0 saturated carbocycles. The van der Waals surface area contributed by atoms with Crippen LogP contribution in [0.4, 0.5) is 5.69 Å². The normalized spacial score (nSPS) is 19.4. The third-order valence-electron chi connectivity index (χ3n) is 3.02. The number of aliphatic hydroxyl groups excluding tert-OH is 1. The van der Waals surface area contributed by atoms with Gasteiger partial charge in [0.2, 0.25) is 0 Å². The lowest BCUT2D eigenvalue weighted by molar-refractivity contribution is -0.136. The number of rotatable bonds is 4. The third kappa shape index (κ3) is 2.64. The van der Waals surface area contributed by atoms with Gasteiger partial charge in [-0.2, -0.15) is 0 Å². The molecule has 1 atom stereocenters. The molecule has 0 aliphatic carbocycles. The van der Waals surface area contributed by atoms with Crippen molar-refractivity contribution in [3.63, 3.8) is 0 Å². The van der Waals surface area contributed by atoms with Crippen molar-refractivity contribution in [2.45, 2.75) is 6.10 Å². The van der Waals surface area contributed by atoms with Gasteiger partial charge in [0, 0.05) is 18.3 Å². The highest BCUT2D eigenvalue weighted by Crippen LogP contribution is 2.32. The van der Waals surface area contributed by atoms with Crippen molar-refractivity contribution < 1.29 is 24.1 Å². The van der Waals surface area contributed by atoms with Gasteiger partial charge >= 0.3 is 0 Å². The second-order valence-corrected chi connectivity index (χ2v) is 4.07. The van der Waals surface area contributed by atoms with Crippen molar-refractivity contribution in [1.29, 1.82) is 0 Å². The number of anilines is 1. The number of amides is 1. The molecule has 2 rings (SSSR count). The summed E-state index contributed by atoms with van der Waals surface area (Å²) in [5.41, 5.74) is 0.699. The van der Waals surface area contributed by atoms with E-state index < -0.39 is 6.10 Å². The first-order valence-corrected chi connectivity index (χ1v) is 5.97. The highest BCUT2D eigenvalue weighted by atomic mass is 16.5. The van der Waals surface area contributed by atoms with Crippen LogP contribution in [0, 0.1) is 0 Å². The average molecular weight is 267 g/mol. The molecule has 1 fully saturated rings. The van der Waals surface area contributed by atoms with Crippen LogP contribution in [0.15, 0.2) is 18.2 Å². The summed E-state index contributed by atoms with van der Waals surface area (Å²) in [6.45, 7) is 0.527. The topological polar surface area (TPSA) is 68.2 Å². The zero-order chi connectivity index (χ0) is 13.8. The van der Waals surface area contributed by atoms with E-state index >= 15 is 0 Å². The minimum absolute atomic E-state index is 0.249. The lowest BCUT2D eigenvalue weighted by atomic mass is 10.2. The Morgan fingerprint density at radius 2 is 2.11 bits per heavy atom. The standard InChI is InChI=1S/C13H17NO5/c1-17-10-4-3-9(7-11(10)18-2)14-5-6-19-12(8-15)13(14)16/h3-4,7,12,15H,5-6,8H2,1-2H3. The van der Waals surface area contributed by atoms with Crippen molar-refractivity contribution in [1.82, 2.24) is 0 Å². The number of nitrogens with zero attached hydrogens (tertiary/aromatic N) is 1. The first-order chi connectivity index (χ1) is 9.21. The van der Waals surface area contributed by atoms with Gasteiger partial charge in [-0.3, -0.25) is 4.79 Å². The van der Waals surface area contributed by atoms with Gasteiger partial charge in [0.05, 0.1) is 27.4 Å². The van der Waals surface area contributed by atoms with E-state index in [1.54, 1.807) is 37.3 Å². The van der Waals surface area contributed by atoms with E-state index in [9.17, 15) is 4.79 Å². The summed E-state index contributed by atoms with van der Waals surface area (Å²) >= 11 is 0. The van der Waals surface area contributed by atoms with Gasteiger partial charge in [0.1, 0.15) is 0 Å². The predicted octanol–water partition coefficient (Wildman–Crippen LogP) is 0.428. The summed E-state index contributed by atoms with van der Waals surface area (Å²) in [5.74, 6) is 0.909. The molecule has 0 bridgehead atoms. The Morgan fingerprint density at radius 1 is 1.37 bits per heavy atom. The average Bonchev–Trinajstić information content (AvgIpc) is 2.46. The van der Waals surface area contributed by atoms with Crippen LogP contribution in [0.25, 0.3) is 0 Å². The Bertz CT molecular complexity index is 462. The monoisotopic (exact) mass is 267 g/mol. The van der Waals surface area contributed by atoms with Crippen molar-refractivity contribution in [3.05, 3.63) is 18.2 Å². The largest absolute Gasteiger partial charge is 0.493 e. The summed E-state index contributed by atoms with van der Waals surface area (Å²) < 4.78 is 15.6. The molecular weight excluding hydrogens is 250 g/mol. The van der Waals surface area contributed by atoms with Crippen molar-refractivity contribution in [3.8, 4) is 11.5 Å². The summed E-state index contributed by atoms with van der Waals surface area (Å²) in [4.78, 5) is 13.7. The molecule has 19 heavy (non-hydrogen) atoms. The van der Waals surface area contributed by atoms with Crippen LogP contribution in [0.1, 0.15) is 0 Å². The van der Waals surface area contributed by atoms with E-state index in [1.807, 2.05) is 0 Å². The third-order valence-corrected chi connectivity index (χ3v) is 3.02. The number of hydrogen-bond donors (Lipinski definition) is 1. The molecular formula is C13H17NO5. The number of morpholine rings is 1. The smallest absolute Gasteiger partial charge is 0.258 e. The van der Waals surface area contributed by atoms with E-state index in [0.717, 1.165) is 0 Å². The number of carbonyl (C=O) groups is 1. The second-order valence-electron chi connectivity index (χ2n) is 4.07. The summed E-state index contributed by atoms with van der Waals surface area (Å²) in [6.07, 6.45) is -0.790. The molecule has 1 aliphatic rings. The molecule has 1 unspecified atom stereocenters. The van der Waals surface area contributed by atoms with Crippen molar-refractivity contribution >= 4 is 11.6 Å². The zero-order valence-corrected chi connectivity index (χ0v) is 11.0. The number of aliphatic hydroxyl groups is 1. The van der Waals surface area contributed by atoms with Crippen LogP contribution < -0.4 is 14.4 Å². The van der Waals surface area contributed by atoms with Gasteiger partial charge in [-0.15, -0.1) is 0 Å². The maximum absolute atomic E-state index is 12.1. The molecule has 0 radical (unpaired) electrons. The Labute approximate surface area is 111 Å². The molecule has 1 heterocycles. The molecule has 6 nitrogen and oxygen atoms in total. The first-order valence-electron chi connectivity index (χ1n) is 5.97. The van der Waals surface area contributed by atoms with Crippen LogP contribution >= 0.6 is 0 Å². The highest BCUT2D eigenvalue weighted by molar-refractivity contribution is 5.97. The summed E-state index contributed by atoms with van der Waals surface area (Å²) in [7, 11) is 3.10. The van der Waals surface area contributed by atoms with Gasteiger partial charge in [-0.25, -0.2) is 0 Å². The Balaban J connectivity index is 2.28. The second kappa shape index (κ2) is 5.90. The van der Waals surface area contributed by atoms with E-state index in [-0.39, 0.29) is 12.5 Å². The van der Waals surface area contributed by atoms with Gasteiger partial charge in [0.15, 0.2) is 17.6 Å². The predicted molar refractivity (Wildman–Crippen MR) is 68.7 cm³/mol. The zero-order valence-electron chi connectivity index (χ0n) is 11.0. The fraction of sp³-hybridized carbons (Fsp3) is 0.462. The minimum Gasteiger partial charge on any atom is -0.493 e. The highest BCUT2D eigenvalue weighted by Gasteiger charge is 2.30. The molecule has 1 aliphatic heterocycles. The van der Waals surface area contributed by atoms with Gasteiger partial charge in [-0.1, -0.05) is 0 Å². The molecule has 1 aromatic rings. The van der Waals surface area contributed by atoms with E-state index in [2.05, 4.69) is 0 Å². The van der Waals surface area contributed by atoms with E-state index in [1.165, 1.54) is 0 Å². The lowest BCUT2D eigenvalue weighted by Gasteiger charge is -2.31. The fourth-order valence-corrected chi connectivity index (χ4v) is 2.02. The lowest BCUT2D eigenvalue weighted by Crippen LogP contribution is -2.49. The van der Waals surface area contributed by atoms with Gasteiger partial charge in [0.25, 0.3) is 5.91 Å². The first kappa shape index (κ1) is 13.6. The molecule has 0 aromatic heterocycles. The summed E-state index contributed by atoms with van der Waals surface area (Å²) in [6, 6.07) is 5.25. The number of hydrogen-bond acceptors (Lipinski definition) is 5. The molecule has 1 N–H and O–H groups in total. The molecule has 1 saturated heterocycles. The van der Waals surface area contributed by atoms with Crippen LogP contribution in [0.2, 0.25) is 0 Å². The van der Waals surface area contributed by atoms with Crippen LogP contribution in [-0.2, 0) is 9.53 Å².